The van der Waals surface area contributed by atoms with E-state index in [1.807, 2.05) is 0 Å². The summed E-state index contributed by atoms with van der Waals surface area (Å²) >= 11 is 0. The SMILES string of the molecule is CC(C)CC(NC(=O)C(CC(N)=O)NC(=O)C(CC(=O)O)NC(=O)C(C)N)C(=O)O. The van der Waals surface area contributed by atoms with E-state index in [4.69, 9.17) is 16.6 Å². The van der Waals surface area contributed by atoms with Crippen molar-refractivity contribution in [3.63, 3.8) is 0 Å². The van der Waals surface area contributed by atoms with Gasteiger partial charge in [-0.15, -0.1) is 0 Å². The van der Waals surface area contributed by atoms with E-state index in [0.29, 0.717) is 0 Å². The lowest BCUT2D eigenvalue weighted by Crippen LogP contribution is -2.58. The molecule has 0 aromatic rings. The van der Waals surface area contributed by atoms with E-state index in [9.17, 15) is 33.9 Å². The number of carbonyl (C=O) groups is 6. The summed E-state index contributed by atoms with van der Waals surface area (Å²) in [5.74, 6) is -6.67. The number of amides is 4. The van der Waals surface area contributed by atoms with Gasteiger partial charge in [-0.2, -0.15) is 0 Å². The molecule has 0 rings (SSSR count). The third kappa shape index (κ3) is 10.4. The lowest BCUT2D eigenvalue weighted by Gasteiger charge is -2.24. The molecule has 0 saturated heterocycles. The average Bonchev–Trinajstić information content (AvgIpc) is 2.58. The Morgan fingerprint density at radius 1 is 0.767 bits per heavy atom. The molecule has 13 heteroatoms. The Balaban J connectivity index is 5.48. The van der Waals surface area contributed by atoms with Crippen LogP contribution in [0.2, 0.25) is 0 Å². The van der Waals surface area contributed by atoms with Gasteiger partial charge in [0.25, 0.3) is 0 Å². The summed E-state index contributed by atoms with van der Waals surface area (Å²) in [6.07, 6.45) is -1.41. The zero-order valence-electron chi connectivity index (χ0n) is 17.0. The van der Waals surface area contributed by atoms with Crippen molar-refractivity contribution >= 4 is 35.6 Å². The van der Waals surface area contributed by atoms with E-state index >= 15 is 0 Å². The third-order valence-electron chi connectivity index (χ3n) is 3.79. The smallest absolute Gasteiger partial charge is 0.326 e. The van der Waals surface area contributed by atoms with Gasteiger partial charge in [0, 0.05) is 0 Å². The van der Waals surface area contributed by atoms with E-state index in [1.165, 1.54) is 6.92 Å². The van der Waals surface area contributed by atoms with Gasteiger partial charge in [0.1, 0.15) is 18.1 Å². The first-order valence-electron chi connectivity index (χ1n) is 9.14. The van der Waals surface area contributed by atoms with Crippen molar-refractivity contribution in [1.29, 1.82) is 0 Å². The fourth-order valence-corrected chi connectivity index (χ4v) is 2.34. The lowest BCUT2D eigenvalue weighted by atomic mass is 10.0. The summed E-state index contributed by atoms with van der Waals surface area (Å²) in [6.45, 7) is 4.79. The molecule has 13 nitrogen and oxygen atoms in total. The van der Waals surface area contributed by atoms with Crippen molar-refractivity contribution in [3.8, 4) is 0 Å². The van der Waals surface area contributed by atoms with E-state index in [-0.39, 0.29) is 12.3 Å². The molecule has 4 amide bonds. The number of carboxylic acid groups (broad SMARTS) is 2. The van der Waals surface area contributed by atoms with Crippen LogP contribution >= 0.6 is 0 Å². The Kier molecular flexibility index (Phi) is 11.0. The minimum atomic E-state index is -1.59. The van der Waals surface area contributed by atoms with Crippen molar-refractivity contribution in [2.45, 2.75) is 64.2 Å². The lowest BCUT2D eigenvalue weighted by molar-refractivity contribution is -0.143. The molecule has 0 aromatic heterocycles. The van der Waals surface area contributed by atoms with Gasteiger partial charge >= 0.3 is 11.9 Å². The van der Waals surface area contributed by atoms with Gasteiger partial charge in [-0.25, -0.2) is 4.79 Å². The van der Waals surface area contributed by atoms with Crippen molar-refractivity contribution in [1.82, 2.24) is 16.0 Å². The summed E-state index contributed by atoms with van der Waals surface area (Å²) in [6, 6.07) is -5.48. The predicted octanol–water partition coefficient (Wildman–Crippen LogP) is -2.73. The Labute approximate surface area is 172 Å². The fourth-order valence-electron chi connectivity index (χ4n) is 2.34. The van der Waals surface area contributed by atoms with Crippen LogP contribution in [0.15, 0.2) is 0 Å². The van der Waals surface area contributed by atoms with Crippen LogP contribution in [0.5, 0.6) is 0 Å². The van der Waals surface area contributed by atoms with Crippen LogP contribution in [-0.4, -0.2) is 69.9 Å². The number of rotatable bonds is 13. The Hall–Kier alpha value is -3.22. The van der Waals surface area contributed by atoms with E-state index in [1.54, 1.807) is 13.8 Å². The maximum Gasteiger partial charge on any atom is 0.326 e. The number of hydrogen-bond donors (Lipinski definition) is 7. The summed E-state index contributed by atoms with van der Waals surface area (Å²) in [4.78, 5) is 70.3. The highest BCUT2D eigenvalue weighted by atomic mass is 16.4. The van der Waals surface area contributed by atoms with Gasteiger partial charge in [-0.1, -0.05) is 13.8 Å². The van der Waals surface area contributed by atoms with Crippen LogP contribution in [0.25, 0.3) is 0 Å². The van der Waals surface area contributed by atoms with Crippen LogP contribution in [-0.2, 0) is 28.8 Å². The van der Waals surface area contributed by atoms with E-state index < -0.39 is 72.6 Å². The first-order chi connectivity index (χ1) is 13.7. The second-order valence-corrected chi connectivity index (χ2v) is 7.21. The normalized spacial score (nSPS) is 14.7. The third-order valence-corrected chi connectivity index (χ3v) is 3.79. The van der Waals surface area contributed by atoms with Gasteiger partial charge in [-0.05, 0) is 19.3 Å². The molecule has 9 N–H and O–H groups in total. The minimum Gasteiger partial charge on any atom is -0.481 e. The molecule has 30 heavy (non-hydrogen) atoms. The van der Waals surface area contributed by atoms with Gasteiger partial charge in [0.05, 0.1) is 18.9 Å². The van der Waals surface area contributed by atoms with Gasteiger partial charge in [0.15, 0.2) is 0 Å². The summed E-state index contributed by atoms with van der Waals surface area (Å²) in [5.41, 5.74) is 10.5. The van der Waals surface area contributed by atoms with Gasteiger partial charge < -0.3 is 37.6 Å². The standard InChI is InChI=1S/C17H29N5O8/c1-7(2)4-11(17(29)30)22-15(27)9(5-12(19)23)21-16(28)10(6-13(24)25)20-14(26)8(3)18/h7-11H,4-6,18H2,1-3H3,(H2,19,23)(H,20,26)(H,21,28)(H,22,27)(H,24,25)(H,29,30). The van der Waals surface area contributed by atoms with Crippen molar-refractivity contribution in [2.24, 2.45) is 17.4 Å². The molecule has 0 aromatic carbocycles. The zero-order chi connectivity index (χ0) is 23.6. The Morgan fingerprint density at radius 2 is 1.20 bits per heavy atom. The zero-order valence-corrected chi connectivity index (χ0v) is 17.0. The highest BCUT2D eigenvalue weighted by molar-refractivity contribution is 5.97. The highest BCUT2D eigenvalue weighted by Crippen LogP contribution is 2.06. The summed E-state index contributed by atoms with van der Waals surface area (Å²) in [5, 5.41) is 24.7. The highest BCUT2D eigenvalue weighted by Gasteiger charge is 2.32. The first-order valence-corrected chi connectivity index (χ1v) is 9.14. The average molecular weight is 431 g/mol. The maximum atomic E-state index is 12.5. The molecular formula is C17H29N5O8. The molecule has 0 aliphatic carbocycles. The van der Waals surface area contributed by atoms with Crippen LogP contribution in [0.4, 0.5) is 0 Å². The summed E-state index contributed by atoms with van der Waals surface area (Å²) < 4.78 is 0. The molecule has 0 saturated carbocycles. The number of nitrogens with one attached hydrogen (secondary N) is 3. The number of hydrogen-bond acceptors (Lipinski definition) is 7. The van der Waals surface area contributed by atoms with Crippen LogP contribution in [0.1, 0.15) is 40.0 Å². The van der Waals surface area contributed by atoms with Crippen molar-refractivity contribution < 1.29 is 39.0 Å². The van der Waals surface area contributed by atoms with E-state index in [2.05, 4.69) is 16.0 Å². The fraction of sp³-hybridized carbons (Fsp3) is 0.647. The molecule has 4 atom stereocenters. The van der Waals surface area contributed by atoms with Gasteiger partial charge in [0.2, 0.25) is 23.6 Å². The predicted molar refractivity (Wildman–Crippen MR) is 103 cm³/mol. The van der Waals surface area contributed by atoms with Crippen molar-refractivity contribution in [3.05, 3.63) is 0 Å². The summed E-state index contributed by atoms with van der Waals surface area (Å²) in [7, 11) is 0. The second-order valence-electron chi connectivity index (χ2n) is 7.21. The van der Waals surface area contributed by atoms with Crippen molar-refractivity contribution in [2.75, 3.05) is 0 Å². The minimum absolute atomic E-state index is 0.0796. The number of carboxylic acids is 2. The second kappa shape index (κ2) is 12.4. The molecular weight excluding hydrogens is 402 g/mol. The van der Waals surface area contributed by atoms with Crippen LogP contribution in [0, 0.1) is 5.92 Å². The molecule has 0 fully saturated rings. The Morgan fingerprint density at radius 3 is 1.57 bits per heavy atom. The molecule has 170 valence electrons. The topological polar surface area (TPSA) is 231 Å². The molecule has 0 bridgehead atoms. The number of nitrogens with two attached hydrogens (primary N) is 2. The monoisotopic (exact) mass is 431 g/mol. The van der Waals surface area contributed by atoms with Gasteiger partial charge in [-0.3, -0.25) is 24.0 Å². The first kappa shape index (κ1) is 26.8. The largest absolute Gasteiger partial charge is 0.481 e. The Bertz CT molecular complexity index is 679. The number of aliphatic carboxylic acids is 2. The maximum absolute atomic E-state index is 12.5. The quantitative estimate of drug-likeness (QED) is 0.160. The molecule has 0 aliphatic heterocycles. The molecule has 0 radical (unpaired) electrons. The van der Waals surface area contributed by atoms with Crippen LogP contribution in [0.3, 0.4) is 0 Å². The number of carbonyl (C=O) groups excluding carboxylic acids is 4. The van der Waals surface area contributed by atoms with Crippen LogP contribution < -0.4 is 27.4 Å². The molecule has 4 unspecified atom stereocenters. The molecule has 0 aliphatic rings. The molecule has 0 spiro atoms. The number of primary amides is 1. The van der Waals surface area contributed by atoms with E-state index in [0.717, 1.165) is 0 Å². The molecule has 0 heterocycles.